The summed E-state index contributed by atoms with van der Waals surface area (Å²) in [5.74, 6) is 0. The fraction of sp³-hybridized carbons (Fsp3) is 0.346. The third-order valence-corrected chi connectivity index (χ3v) is 7.45. The van der Waals surface area contributed by atoms with E-state index >= 15 is 0 Å². The number of rotatable bonds is 4. The Morgan fingerprint density at radius 2 is 2.08 bits per heavy atom. The van der Waals surface area contributed by atoms with Gasteiger partial charge >= 0.3 is 6.09 Å². The first-order valence-electron chi connectivity index (χ1n) is 11.9. The number of carbonyl (C=O) groups excluding carboxylic acids is 1. The third-order valence-electron chi connectivity index (χ3n) is 5.99. The van der Waals surface area contributed by atoms with Crippen molar-refractivity contribution in [1.82, 2.24) is 29.3 Å². The molecule has 0 aromatic carbocycles. The predicted octanol–water partition coefficient (Wildman–Crippen LogP) is 5.84. The Labute approximate surface area is 224 Å². The molecular formula is C26H26ClN7O2S. The molecular weight excluding hydrogens is 510 g/mol. The Morgan fingerprint density at radius 3 is 2.84 bits per heavy atom. The molecule has 1 unspecified atom stereocenters. The summed E-state index contributed by atoms with van der Waals surface area (Å²) < 4.78 is 9.19. The smallest absolute Gasteiger partial charge is 0.410 e. The van der Waals surface area contributed by atoms with Crippen LogP contribution in [-0.4, -0.2) is 54.1 Å². The van der Waals surface area contributed by atoms with E-state index in [-0.39, 0.29) is 12.1 Å². The standard InChI is InChI=1S/C26H26ClN7O2S/c1-26(2,3)36-25(35)32-9-5-6-20(16-32)33-15-19(13-30-33)17-10-22(37-24-21(27)7-4-8-29-24)23-18(11-28)12-31-34(23)14-17/h4,7-8,10,12-15,20H,5-6,9,16H2,1-3H3. The van der Waals surface area contributed by atoms with Crippen molar-refractivity contribution in [3.05, 3.63) is 59.8 Å². The molecule has 9 nitrogen and oxygen atoms in total. The van der Waals surface area contributed by atoms with Gasteiger partial charge in [0, 0.05) is 47.7 Å². The Morgan fingerprint density at radius 1 is 1.24 bits per heavy atom. The summed E-state index contributed by atoms with van der Waals surface area (Å²) in [6.07, 6.45) is 10.4. The summed E-state index contributed by atoms with van der Waals surface area (Å²) in [6.45, 7) is 6.83. The highest BCUT2D eigenvalue weighted by atomic mass is 35.5. The van der Waals surface area contributed by atoms with Crippen molar-refractivity contribution < 1.29 is 9.53 Å². The molecule has 190 valence electrons. The molecule has 1 amide bonds. The van der Waals surface area contributed by atoms with Gasteiger partial charge < -0.3 is 9.64 Å². The molecule has 1 aliphatic heterocycles. The highest BCUT2D eigenvalue weighted by molar-refractivity contribution is 7.99. The number of nitriles is 1. The van der Waals surface area contributed by atoms with Crippen molar-refractivity contribution in [3.63, 3.8) is 0 Å². The van der Waals surface area contributed by atoms with Gasteiger partial charge in [0.15, 0.2) is 0 Å². The topological polar surface area (TPSA) is 101 Å². The van der Waals surface area contributed by atoms with Gasteiger partial charge in [-0.05, 0) is 51.8 Å². The van der Waals surface area contributed by atoms with Crippen molar-refractivity contribution in [2.75, 3.05) is 13.1 Å². The van der Waals surface area contributed by atoms with Crippen LogP contribution in [0.2, 0.25) is 5.02 Å². The number of halogens is 1. The normalized spacial score (nSPS) is 16.1. The average Bonchev–Trinajstić information content (AvgIpc) is 3.52. The lowest BCUT2D eigenvalue weighted by molar-refractivity contribution is 0.0167. The summed E-state index contributed by atoms with van der Waals surface area (Å²) in [6, 6.07) is 7.83. The van der Waals surface area contributed by atoms with Gasteiger partial charge in [0.05, 0.1) is 34.5 Å². The van der Waals surface area contributed by atoms with Gasteiger partial charge in [0.1, 0.15) is 16.7 Å². The van der Waals surface area contributed by atoms with Crippen LogP contribution in [0.3, 0.4) is 0 Å². The minimum atomic E-state index is -0.533. The molecule has 11 heteroatoms. The van der Waals surface area contributed by atoms with Crippen LogP contribution in [0.25, 0.3) is 16.6 Å². The molecule has 0 aliphatic carbocycles. The van der Waals surface area contributed by atoms with E-state index in [9.17, 15) is 10.1 Å². The Balaban J connectivity index is 1.44. The van der Waals surface area contributed by atoms with Crippen LogP contribution >= 0.6 is 23.4 Å². The first-order chi connectivity index (χ1) is 17.7. The van der Waals surface area contributed by atoms with E-state index in [0.29, 0.717) is 34.2 Å². The Bertz CT molecular complexity index is 1500. The first kappa shape index (κ1) is 25.1. The van der Waals surface area contributed by atoms with Gasteiger partial charge in [-0.3, -0.25) is 4.68 Å². The maximum atomic E-state index is 12.6. The summed E-state index contributed by atoms with van der Waals surface area (Å²) in [7, 11) is 0. The van der Waals surface area contributed by atoms with E-state index in [1.165, 1.54) is 11.8 Å². The van der Waals surface area contributed by atoms with E-state index in [1.54, 1.807) is 33.9 Å². The minimum absolute atomic E-state index is 0.0508. The highest BCUT2D eigenvalue weighted by Crippen LogP contribution is 2.37. The number of hydrogen-bond acceptors (Lipinski definition) is 7. The lowest BCUT2D eigenvalue weighted by Crippen LogP contribution is -2.43. The van der Waals surface area contributed by atoms with Crippen molar-refractivity contribution in [1.29, 1.82) is 5.26 Å². The lowest BCUT2D eigenvalue weighted by atomic mass is 10.1. The monoisotopic (exact) mass is 535 g/mol. The molecule has 4 aromatic heterocycles. The molecule has 1 atom stereocenters. The molecule has 5 heterocycles. The third kappa shape index (κ3) is 5.43. The van der Waals surface area contributed by atoms with Crippen LogP contribution in [0.15, 0.2) is 59.1 Å². The molecule has 4 aromatic rings. The number of likely N-dealkylation sites (tertiary alicyclic amines) is 1. The summed E-state index contributed by atoms with van der Waals surface area (Å²) >= 11 is 7.76. The van der Waals surface area contributed by atoms with Crippen LogP contribution in [0.4, 0.5) is 4.79 Å². The number of ether oxygens (including phenoxy) is 1. The molecule has 0 bridgehead atoms. The number of hydrogen-bond donors (Lipinski definition) is 0. The SMILES string of the molecule is CC(C)(C)OC(=O)N1CCCC(n2cc(-c3cc(Sc4ncccc4Cl)c4c(C#N)cnn4c3)cn2)C1. The van der Waals surface area contributed by atoms with Gasteiger partial charge in [-0.25, -0.2) is 14.3 Å². The summed E-state index contributed by atoms with van der Waals surface area (Å²) in [5.41, 5.74) is 2.43. The molecule has 1 saturated heterocycles. The fourth-order valence-corrected chi connectivity index (χ4v) is 5.51. The van der Waals surface area contributed by atoms with Crippen LogP contribution in [0.1, 0.15) is 45.2 Å². The van der Waals surface area contributed by atoms with Gasteiger partial charge in [0.25, 0.3) is 0 Å². The van der Waals surface area contributed by atoms with Crippen LogP contribution in [0.5, 0.6) is 0 Å². The number of carbonyl (C=O) groups is 1. The second-order valence-electron chi connectivity index (χ2n) is 9.88. The maximum absolute atomic E-state index is 12.6. The average molecular weight is 536 g/mol. The van der Waals surface area contributed by atoms with Crippen molar-refractivity contribution in [2.45, 2.75) is 55.2 Å². The predicted molar refractivity (Wildman–Crippen MR) is 141 cm³/mol. The maximum Gasteiger partial charge on any atom is 0.410 e. The van der Waals surface area contributed by atoms with Crippen molar-refractivity contribution in [2.24, 2.45) is 0 Å². The van der Waals surface area contributed by atoms with Gasteiger partial charge in [-0.2, -0.15) is 15.5 Å². The highest BCUT2D eigenvalue weighted by Gasteiger charge is 2.29. The molecule has 1 fully saturated rings. The molecule has 0 spiro atoms. The Kier molecular flexibility index (Phi) is 6.84. The second-order valence-corrected chi connectivity index (χ2v) is 11.3. The Hall–Kier alpha value is -3.55. The van der Waals surface area contributed by atoms with E-state index in [0.717, 1.165) is 28.9 Å². The van der Waals surface area contributed by atoms with Gasteiger partial charge in [-0.15, -0.1) is 0 Å². The van der Waals surface area contributed by atoms with E-state index < -0.39 is 5.60 Å². The zero-order valence-corrected chi connectivity index (χ0v) is 22.3. The minimum Gasteiger partial charge on any atom is -0.444 e. The van der Waals surface area contributed by atoms with Crippen LogP contribution < -0.4 is 0 Å². The largest absolute Gasteiger partial charge is 0.444 e. The zero-order valence-electron chi connectivity index (χ0n) is 20.8. The van der Waals surface area contributed by atoms with Crippen LogP contribution in [-0.2, 0) is 4.74 Å². The summed E-state index contributed by atoms with van der Waals surface area (Å²) in [5, 5.41) is 19.8. The van der Waals surface area contributed by atoms with E-state index in [4.69, 9.17) is 16.3 Å². The molecule has 37 heavy (non-hydrogen) atoms. The second kappa shape index (κ2) is 10.1. The number of pyridine rings is 2. The molecule has 0 radical (unpaired) electrons. The van der Waals surface area contributed by atoms with E-state index in [2.05, 4.69) is 21.3 Å². The number of amides is 1. The fourth-order valence-electron chi connectivity index (χ4n) is 4.30. The zero-order chi connectivity index (χ0) is 26.2. The quantitative estimate of drug-likeness (QED) is 0.323. The first-order valence-corrected chi connectivity index (χ1v) is 13.1. The lowest BCUT2D eigenvalue weighted by Gasteiger charge is -2.34. The molecule has 0 saturated carbocycles. The van der Waals surface area contributed by atoms with Gasteiger partial charge in [-0.1, -0.05) is 23.4 Å². The number of aromatic nitrogens is 5. The van der Waals surface area contributed by atoms with Crippen molar-refractivity contribution >= 4 is 35.0 Å². The number of piperidine rings is 1. The molecule has 0 N–H and O–H groups in total. The van der Waals surface area contributed by atoms with Crippen molar-refractivity contribution in [3.8, 4) is 17.2 Å². The number of nitrogens with zero attached hydrogens (tertiary/aromatic N) is 7. The molecule has 1 aliphatic rings. The summed E-state index contributed by atoms with van der Waals surface area (Å²) in [4.78, 5) is 19.6. The molecule has 5 rings (SSSR count). The van der Waals surface area contributed by atoms with Crippen LogP contribution in [0, 0.1) is 11.3 Å². The van der Waals surface area contributed by atoms with Gasteiger partial charge in [0.2, 0.25) is 0 Å². The van der Waals surface area contributed by atoms with E-state index in [1.807, 2.05) is 50.1 Å². The number of fused-ring (bicyclic) bond motifs is 1.